The fourth-order valence-corrected chi connectivity index (χ4v) is 3.64. The molecule has 0 saturated carbocycles. The molecule has 2 heterocycles. The van der Waals surface area contributed by atoms with E-state index in [9.17, 15) is 21.6 Å². The van der Waals surface area contributed by atoms with Gasteiger partial charge in [0.25, 0.3) is 10.2 Å². The van der Waals surface area contributed by atoms with Crippen LogP contribution in [-0.4, -0.2) is 43.6 Å². The van der Waals surface area contributed by atoms with Crippen molar-refractivity contribution < 1.29 is 26.3 Å². The van der Waals surface area contributed by atoms with Crippen LogP contribution in [0.3, 0.4) is 0 Å². The van der Waals surface area contributed by atoms with Gasteiger partial charge in [0, 0.05) is 31.4 Å². The monoisotopic (exact) mass is 367 g/mol. The highest BCUT2D eigenvalue weighted by Crippen LogP contribution is 2.20. The van der Waals surface area contributed by atoms with E-state index in [2.05, 4.69) is 14.4 Å². The molecule has 136 valence electrons. The summed E-state index contributed by atoms with van der Waals surface area (Å²) in [5.74, 6) is -0.228. The number of hydrogen-bond donors (Lipinski definition) is 1. The third-order valence-electron chi connectivity index (χ3n) is 3.57. The topological polar surface area (TPSA) is 71.5 Å². The average Bonchev–Trinajstić information content (AvgIpc) is 2.81. The zero-order chi connectivity index (χ0) is 17.6. The molecular formula is C14H20F3N3O3S. The second kappa shape index (κ2) is 8.13. The fraction of sp³-hybridized carbons (Fsp3) is 0.643. The molecule has 1 aliphatic heterocycles. The minimum Gasteiger partial charge on any atom is -0.468 e. The molecule has 0 amide bonds. The van der Waals surface area contributed by atoms with Crippen LogP contribution in [-0.2, 0) is 16.8 Å². The summed E-state index contributed by atoms with van der Waals surface area (Å²) in [7, 11) is -3.69. The van der Waals surface area contributed by atoms with Crippen LogP contribution in [0.25, 0.3) is 0 Å². The van der Waals surface area contributed by atoms with Gasteiger partial charge in [-0.25, -0.2) is 4.98 Å². The Balaban J connectivity index is 2.00. The van der Waals surface area contributed by atoms with Crippen LogP contribution in [0.4, 0.5) is 13.2 Å². The van der Waals surface area contributed by atoms with Gasteiger partial charge in [0.05, 0.1) is 0 Å². The van der Waals surface area contributed by atoms with E-state index in [4.69, 9.17) is 0 Å². The highest BCUT2D eigenvalue weighted by atomic mass is 32.2. The van der Waals surface area contributed by atoms with Gasteiger partial charge in [-0.3, -0.25) is 0 Å². The standard InChI is InChI=1S/C14H20F3N3O3S/c15-14(16,17)11-23-13-12(6-5-7-18-13)10-19-24(21,22)20-8-3-1-2-4-9-20/h5-7,19H,1-4,8-11H2. The van der Waals surface area contributed by atoms with E-state index in [1.54, 1.807) is 0 Å². The molecular weight excluding hydrogens is 347 g/mol. The Hall–Kier alpha value is -1.39. The minimum absolute atomic E-state index is 0.181. The van der Waals surface area contributed by atoms with Gasteiger partial charge in [-0.05, 0) is 18.9 Å². The lowest BCUT2D eigenvalue weighted by Gasteiger charge is -2.20. The third-order valence-corrected chi connectivity index (χ3v) is 5.13. The van der Waals surface area contributed by atoms with Gasteiger partial charge in [-0.2, -0.15) is 30.6 Å². The molecule has 2 rings (SSSR count). The maximum absolute atomic E-state index is 12.3. The SMILES string of the molecule is O=S(=O)(NCc1cccnc1OCC(F)(F)F)N1CCCCCC1. The summed E-state index contributed by atoms with van der Waals surface area (Å²) in [6, 6.07) is 2.99. The number of alkyl halides is 3. The smallest absolute Gasteiger partial charge is 0.422 e. The molecule has 1 saturated heterocycles. The van der Waals surface area contributed by atoms with Crippen LogP contribution in [0.2, 0.25) is 0 Å². The Morgan fingerprint density at radius 3 is 2.50 bits per heavy atom. The van der Waals surface area contributed by atoms with E-state index >= 15 is 0 Å². The molecule has 0 atom stereocenters. The van der Waals surface area contributed by atoms with Crippen molar-refractivity contribution in [2.75, 3.05) is 19.7 Å². The Bertz CT molecular complexity index is 630. The van der Waals surface area contributed by atoms with Crippen molar-refractivity contribution in [1.29, 1.82) is 0 Å². The molecule has 1 aliphatic rings. The first-order valence-electron chi connectivity index (χ1n) is 7.66. The van der Waals surface area contributed by atoms with E-state index in [0.717, 1.165) is 25.7 Å². The summed E-state index contributed by atoms with van der Waals surface area (Å²) >= 11 is 0. The van der Waals surface area contributed by atoms with Gasteiger partial charge in [0.2, 0.25) is 5.88 Å². The number of nitrogens with zero attached hydrogens (tertiary/aromatic N) is 2. The molecule has 0 aliphatic carbocycles. The Labute approximate surface area is 139 Å². The molecule has 1 fully saturated rings. The zero-order valence-electron chi connectivity index (χ0n) is 13.1. The lowest BCUT2D eigenvalue weighted by molar-refractivity contribution is -0.154. The molecule has 6 nitrogen and oxygen atoms in total. The highest BCUT2D eigenvalue weighted by molar-refractivity contribution is 7.87. The van der Waals surface area contributed by atoms with E-state index in [1.807, 2.05) is 0 Å². The maximum atomic E-state index is 12.3. The van der Waals surface area contributed by atoms with Crippen LogP contribution in [0.5, 0.6) is 5.88 Å². The minimum atomic E-state index is -4.49. The molecule has 24 heavy (non-hydrogen) atoms. The van der Waals surface area contributed by atoms with Crippen molar-refractivity contribution in [3.8, 4) is 5.88 Å². The van der Waals surface area contributed by atoms with E-state index in [0.29, 0.717) is 13.1 Å². The number of nitrogens with one attached hydrogen (secondary N) is 1. The quantitative estimate of drug-likeness (QED) is 0.837. The van der Waals surface area contributed by atoms with Crippen molar-refractivity contribution in [3.05, 3.63) is 23.9 Å². The maximum Gasteiger partial charge on any atom is 0.422 e. The van der Waals surface area contributed by atoms with Gasteiger partial charge >= 0.3 is 6.18 Å². The van der Waals surface area contributed by atoms with E-state index in [1.165, 1.54) is 22.6 Å². The summed E-state index contributed by atoms with van der Waals surface area (Å²) in [4.78, 5) is 3.74. The lowest BCUT2D eigenvalue weighted by Crippen LogP contribution is -2.41. The predicted octanol–water partition coefficient (Wildman–Crippen LogP) is 2.23. The van der Waals surface area contributed by atoms with Crippen molar-refractivity contribution in [3.63, 3.8) is 0 Å². The van der Waals surface area contributed by atoms with Crippen LogP contribution in [0.15, 0.2) is 18.3 Å². The largest absolute Gasteiger partial charge is 0.468 e. The summed E-state index contributed by atoms with van der Waals surface area (Å²) in [6.45, 7) is -0.768. The predicted molar refractivity (Wildman–Crippen MR) is 81.6 cm³/mol. The van der Waals surface area contributed by atoms with Crippen molar-refractivity contribution in [1.82, 2.24) is 14.0 Å². The first-order valence-corrected chi connectivity index (χ1v) is 9.10. The molecule has 10 heteroatoms. The third kappa shape index (κ3) is 5.91. The summed E-state index contributed by atoms with van der Waals surface area (Å²) in [6.07, 6.45) is 0.383. The van der Waals surface area contributed by atoms with Crippen molar-refractivity contribution in [2.24, 2.45) is 0 Å². The molecule has 0 radical (unpaired) electrons. The highest BCUT2D eigenvalue weighted by Gasteiger charge is 2.29. The second-order valence-electron chi connectivity index (χ2n) is 5.51. The summed E-state index contributed by atoms with van der Waals surface area (Å²) in [5.41, 5.74) is 0.250. The van der Waals surface area contributed by atoms with Gasteiger partial charge in [0.15, 0.2) is 6.61 Å². The summed E-state index contributed by atoms with van der Waals surface area (Å²) < 4.78 is 69.8. The van der Waals surface area contributed by atoms with Crippen LogP contribution in [0.1, 0.15) is 31.2 Å². The average molecular weight is 367 g/mol. The number of pyridine rings is 1. The normalized spacial score (nSPS) is 17.5. The number of ether oxygens (including phenoxy) is 1. The molecule has 0 unspecified atom stereocenters. The van der Waals surface area contributed by atoms with Gasteiger partial charge in [0.1, 0.15) is 0 Å². The molecule has 1 N–H and O–H groups in total. The number of halogens is 3. The van der Waals surface area contributed by atoms with Gasteiger partial charge in [-0.1, -0.05) is 18.9 Å². The lowest BCUT2D eigenvalue weighted by atomic mass is 10.2. The Morgan fingerprint density at radius 1 is 1.21 bits per heavy atom. The van der Waals surface area contributed by atoms with E-state index < -0.39 is 23.0 Å². The molecule has 0 aromatic carbocycles. The van der Waals surface area contributed by atoms with Crippen LogP contribution >= 0.6 is 0 Å². The molecule has 1 aromatic heterocycles. The first-order chi connectivity index (χ1) is 11.3. The summed E-state index contributed by atoms with van der Waals surface area (Å²) in [5, 5.41) is 0. The van der Waals surface area contributed by atoms with Crippen LogP contribution < -0.4 is 9.46 Å². The fourth-order valence-electron chi connectivity index (χ4n) is 2.38. The van der Waals surface area contributed by atoms with Crippen LogP contribution in [0, 0.1) is 0 Å². The molecule has 1 aromatic rings. The van der Waals surface area contributed by atoms with E-state index in [-0.39, 0.29) is 18.0 Å². The molecule has 0 bridgehead atoms. The van der Waals surface area contributed by atoms with Gasteiger partial charge < -0.3 is 4.74 Å². The second-order valence-corrected chi connectivity index (χ2v) is 7.27. The zero-order valence-corrected chi connectivity index (χ0v) is 13.9. The Kier molecular flexibility index (Phi) is 6.41. The number of aromatic nitrogens is 1. The van der Waals surface area contributed by atoms with Gasteiger partial charge in [-0.15, -0.1) is 0 Å². The first kappa shape index (κ1) is 18.9. The Morgan fingerprint density at radius 2 is 1.88 bits per heavy atom. The van der Waals surface area contributed by atoms with Crippen molar-refractivity contribution in [2.45, 2.75) is 38.4 Å². The number of hydrogen-bond acceptors (Lipinski definition) is 4. The van der Waals surface area contributed by atoms with Crippen molar-refractivity contribution >= 4 is 10.2 Å². The molecule has 0 spiro atoms. The number of rotatable bonds is 6.